The van der Waals surface area contributed by atoms with Crippen LogP contribution in [0, 0.1) is 11.3 Å². The number of nitrogens with one attached hydrogen (secondary N) is 2. The van der Waals surface area contributed by atoms with Crippen LogP contribution < -0.4 is 10.6 Å². The van der Waals surface area contributed by atoms with E-state index in [9.17, 15) is 23.1 Å². The van der Waals surface area contributed by atoms with Gasteiger partial charge in [0, 0.05) is 6.54 Å². The molecular weight excluding hydrogens is 311 g/mol. The summed E-state index contributed by atoms with van der Waals surface area (Å²) in [7, 11) is 0. The Morgan fingerprint density at radius 3 is 2.35 bits per heavy atom. The summed E-state index contributed by atoms with van der Waals surface area (Å²) in [6.07, 6.45) is -7.03. The Bertz CT molecular complexity index is 577. The Labute approximate surface area is 132 Å². The van der Waals surface area contributed by atoms with E-state index in [4.69, 9.17) is 5.26 Å². The highest BCUT2D eigenvalue weighted by molar-refractivity contribution is 5.74. The van der Waals surface area contributed by atoms with E-state index in [2.05, 4.69) is 10.6 Å². The molecule has 2 amide bonds. The first-order valence-corrected chi connectivity index (χ1v) is 6.86. The highest BCUT2D eigenvalue weighted by Crippen LogP contribution is 2.27. The van der Waals surface area contributed by atoms with Crippen LogP contribution in [-0.4, -0.2) is 35.5 Å². The molecule has 0 bridgehead atoms. The zero-order valence-electron chi connectivity index (χ0n) is 12.7. The van der Waals surface area contributed by atoms with Crippen molar-refractivity contribution in [2.24, 2.45) is 0 Å². The number of hydrogen-bond donors (Lipinski definition) is 3. The Morgan fingerprint density at radius 1 is 1.30 bits per heavy atom. The summed E-state index contributed by atoms with van der Waals surface area (Å²) in [5.41, 5.74) is -0.460. The molecule has 8 heteroatoms. The molecular formula is C15H18F3N3O2. The van der Waals surface area contributed by atoms with Crippen molar-refractivity contribution in [2.75, 3.05) is 6.54 Å². The second-order valence-electron chi connectivity index (χ2n) is 5.61. The van der Waals surface area contributed by atoms with Gasteiger partial charge in [0.25, 0.3) is 0 Å². The fraction of sp³-hybridized carbons (Fsp3) is 0.467. The summed E-state index contributed by atoms with van der Waals surface area (Å²) in [4.78, 5) is 11.6. The van der Waals surface area contributed by atoms with Crippen molar-refractivity contribution in [3.05, 3.63) is 35.4 Å². The number of nitrogens with zero attached hydrogens (tertiary/aromatic N) is 1. The van der Waals surface area contributed by atoms with Crippen molar-refractivity contribution in [3.63, 3.8) is 0 Å². The molecule has 0 aliphatic heterocycles. The van der Waals surface area contributed by atoms with Crippen LogP contribution in [0.4, 0.5) is 18.0 Å². The minimum absolute atomic E-state index is 0.204. The Kier molecular flexibility index (Phi) is 5.98. The molecule has 126 valence electrons. The molecule has 0 fully saturated rings. The smallest absolute Gasteiger partial charge is 0.382 e. The summed E-state index contributed by atoms with van der Waals surface area (Å²) in [6, 6.07) is 7.92. The maximum atomic E-state index is 12.5. The average Bonchev–Trinajstić information content (AvgIpc) is 2.45. The lowest BCUT2D eigenvalue weighted by Crippen LogP contribution is -2.59. The summed E-state index contributed by atoms with van der Waals surface area (Å²) in [6.45, 7) is 2.38. The van der Waals surface area contributed by atoms with E-state index in [0.29, 0.717) is 12.0 Å². The van der Waals surface area contributed by atoms with Crippen LogP contribution in [0.3, 0.4) is 0 Å². The van der Waals surface area contributed by atoms with Crippen molar-refractivity contribution in [1.82, 2.24) is 10.6 Å². The second-order valence-corrected chi connectivity index (χ2v) is 5.61. The molecule has 0 saturated carbocycles. The quantitative estimate of drug-likeness (QED) is 0.773. The number of amides is 2. The number of hydrogen-bond acceptors (Lipinski definition) is 3. The highest BCUT2D eigenvalue weighted by atomic mass is 19.4. The molecule has 5 nitrogen and oxygen atoms in total. The number of benzene rings is 1. The van der Waals surface area contributed by atoms with Gasteiger partial charge in [-0.25, -0.2) is 4.79 Å². The van der Waals surface area contributed by atoms with Gasteiger partial charge in [0.2, 0.25) is 0 Å². The standard InChI is InChI=1S/C15H18F3N3O2/c1-14(2,12(22)15(16,17)18)21-13(23)20-8-7-10-3-5-11(9-19)6-4-10/h3-6,12,22H,7-8H2,1-2H3,(H2,20,21,23). The van der Waals surface area contributed by atoms with Gasteiger partial charge in [0.05, 0.1) is 17.2 Å². The zero-order valence-corrected chi connectivity index (χ0v) is 12.7. The molecule has 1 atom stereocenters. The molecule has 0 aromatic heterocycles. The first-order chi connectivity index (χ1) is 10.6. The lowest BCUT2D eigenvalue weighted by Gasteiger charge is -2.32. The van der Waals surface area contributed by atoms with Gasteiger partial charge in [-0.3, -0.25) is 0 Å². The van der Waals surface area contributed by atoms with Gasteiger partial charge < -0.3 is 15.7 Å². The molecule has 1 aromatic rings. The molecule has 3 N–H and O–H groups in total. The fourth-order valence-corrected chi connectivity index (χ4v) is 1.88. The molecule has 0 spiro atoms. The van der Waals surface area contributed by atoms with Gasteiger partial charge in [-0.15, -0.1) is 0 Å². The van der Waals surface area contributed by atoms with Crippen molar-refractivity contribution in [3.8, 4) is 6.07 Å². The summed E-state index contributed by atoms with van der Waals surface area (Å²) in [5.74, 6) is 0. The van der Waals surface area contributed by atoms with E-state index >= 15 is 0 Å². The van der Waals surface area contributed by atoms with E-state index in [-0.39, 0.29) is 6.54 Å². The molecule has 0 aliphatic carbocycles. The third-order valence-electron chi connectivity index (χ3n) is 3.21. The number of halogens is 3. The summed E-state index contributed by atoms with van der Waals surface area (Å²) in [5, 5.41) is 22.4. The second kappa shape index (κ2) is 7.33. The van der Waals surface area contributed by atoms with E-state index in [1.54, 1.807) is 24.3 Å². The average molecular weight is 329 g/mol. The van der Waals surface area contributed by atoms with Gasteiger partial charge in [-0.2, -0.15) is 18.4 Å². The maximum absolute atomic E-state index is 12.5. The van der Waals surface area contributed by atoms with E-state index in [1.165, 1.54) is 0 Å². The van der Waals surface area contributed by atoms with Crippen molar-refractivity contribution in [1.29, 1.82) is 5.26 Å². The predicted molar refractivity (Wildman–Crippen MR) is 77.5 cm³/mol. The number of alkyl halides is 3. The first kappa shape index (κ1) is 18.8. The number of aliphatic hydroxyl groups excluding tert-OH is 1. The molecule has 0 radical (unpaired) electrons. The maximum Gasteiger partial charge on any atom is 0.416 e. The Hall–Kier alpha value is -2.27. The largest absolute Gasteiger partial charge is 0.416 e. The van der Waals surface area contributed by atoms with Crippen molar-refractivity contribution >= 4 is 6.03 Å². The van der Waals surface area contributed by atoms with Gasteiger partial charge in [-0.05, 0) is 38.0 Å². The van der Waals surface area contributed by atoms with Crippen LogP contribution in [0.25, 0.3) is 0 Å². The van der Waals surface area contributed by atoms with Gasteiger partial charge in [-0.1, -0.05) is 12.1 Å². The number of carbonyl (C=O) groups excluding carboxylic acids is 1. The zero-order chi connectivity index (χ0) is 17.7. The molecule has 1 aromatic carbocycles. The number of urea groups is 1. The van der Waals surface area contributed by atoms with Gasteiger partial charge in [0.15, 0.2) is 6.10 Å². The third kappa shape index (κ3) is 5.79. The van der Waals surface area contributed by atoms with Crippen LogP contribution in [0.5, 0.6) is 0 Å². The van der Waals surface area contributed by atoms with Crippen molar-refractivity contribution in [2.45, 2.75) is 38.1 Å². The van der Waals surface area contributed by atoms with E-state index in [1.807, 2.05) is 6.07 Å². The van der Waals surface area contributed by atoms with Crippen LogP contribution in [-0.2, 0) is 6.42 Å². The summed E-state index contributed by atoms with van der Waals surface area (Å²) < 4.78 is 37.5. The number of rotatable bonds is 5. The van der Waals surface area contributed by atoms with Crippen molar-refractivity contribution < 1.29 is 23.1 Å². The molecule has 0 aliphatic rings. The minimum Gasteiger partial charge on any atom is -0.382 e. The number of nitriles is 1. The van der Waals surface area contributed by atoms with Gasteiger partial charge in [0.1, 0.15) is 0 Å². The SMILES string of the molecule is CC(C)(NC(=O)NCCc1ccc(C#N)cc1)C(O)C(F)(F)F. The van der Waals surface area contributed by atoms with Crippen LogP contribution in [0.1, 0.15) is 25.0 Å². The Morgan fingerprint density at radius 2 is 1.87 bits per heavy atom. The predicted octanol–water partition coefficient (Wildman–Crippen LogP) is 2.10. The van der Waals surface area contributed by atoms with Crippen LogP contribution in [0.2, 0.25) is 0 Å². The van der Waals surface area contributed by atoms with Gasteiger partial charge >= 0.3 is 12.2 Å². The Balaban J connectivity index is 2.46. The summed E-state index contributed by atoms with van der Waals surface area (Å²) >= 11 is 0. The highest BCUT2D eigenvalue weighted by Gasteiger charge is 2.48. The molecule has 0 heterocycles. The normalized spacial score (nSPS) is 13.1. The molecule has 1 unspecified atom stereocenters. The van der Waals surface area contributed by atoms with E-state index in [0.717, 1.165) is 19.4 Å². The minimum atomic E-state index is -4.82. The fourth-order valence-electron chi connectivity index (χ4n) is 1.88. The lowest BCUT2D eigenvalue weighted by atomic mass is 9.97. The molecule has 0 saturated heterocycles. The van der Waals surface area contributed by atoms with Crippen LogP contribution in [0.15, 0.2) is 24.3 Å². The van der Waals surface area contributed by atoms with Crippen LogP contribution >= 0.6 is 0 Å². The monoisotopic (exact) mass is 329 g/mol. The number of aliphatic hydroxyl groups is 1. The third-order valence-corrected chi connectivity index (χ3v) is 3.21. The molecule has 1 rings (SSSR count). The lowest BCUT2D eigenvalue weighted by molar-refractivity contribution is -0.222. The van der Waals surface area contributed by atoms with E-state index < -0.39 is 23.9 Å². The number of carbonyl (C=O) groups is 1. The first-order valence-electron chi connectivity index (χ1n) is 6.86. The molecule has 23 heavy (non-hydrogen) atoms. The topological polar surface area (TPSA) is 85.2 Å².